The predicted molar refractivity (Wildman–Crippen MR) is 70.4 cm³/mol. The van der Waals surface area contributed by atoms with Gasteiger partial charge in [-0.25, -0.2) is 0 Å². The number of anilines is 1. The van der Waals surface area contributed by atoms with Gasteiger partial charge in [0.15, 0.2) is 0 Å². The monoisotopic (exact) mass is 247 g/mol. The lowest BCUT2D eigenvalue weighted by Crippen LogP contribution is -2.23. The third-order valence-electron chi connectivity index (χ3n) is 3.22. The Hall–Kier alpha value is -2.09. The molecule has 0 fully saturated rings. The Morgan fingerprint density at radius 1 is 1.50 bits per heavy atom. The predicted octanol–water partition coefficient (Wildman–Crippen LogP) is 3.31. The van der Waals surface area contributed by atoms with Gasteiger partial charge in [0.25, 0.3) is 0 Å². The molecule has 0 saturated carbocycles. The second kappa shape index (κ2) is 6.01. The van der Waals surface area contributed by atoms with Crippen LogP contribution in [0.5, 0.6) is 0 Å². The van der Waals surface area contributed by atoms with Crippen LogP contribution in [-0.4, -0.2) is 11.0 Å². The van der Waals surface area contributed by atoms with Gasteiger partial charge in [-0.2, -0.15) is 5.26 Å². The number of nitrogens with zero attached hydrogens (tertiary/aromatic N) is 2. The van der Waals surface area contributed by atoms with Gasteiger partial charge in [0, 0.05) is 6.04 Å². The number of nitro benzene ring substituents is 1. The van der Waals surface area contributed by atoms with Crippen LogP contribution in [-0.2, 0) is 0 Å². The molecular weight excluding hydrogens is 230 g/mol. The van der Waals surface area contributed by atoms with Crippen LogP contribution in [0.15, 0.2) is 18.2 Å². The van der Waals surface area contributed by atoms with Crippen molar-refractivity contribution in [3.05, 3.63) is 33.9 Å². The molecule has 1 aromatic rings. The van der Waals surface area contributed by atoms with Gasteiger partial charge in [0.05, 0.1) is 4.92 Å². The van der Waals surface area contributed by atoms with Crippen molar-refractivity contribution in [1.29, 1.82) is 5.26 Å². The SMILES string of the molecule is CCC(C)C(C)Nc1cccc(C#N)c1[N+](=O)[O-]. The summed E-state index contributed by atoms with van der Waals surface area (Å²) in [5.74, 6) is 0.398. The second-order valence-corrected chi connectivity index (χ2v) is 4.39. The first-order chi connectivity index (χ1) is 8.51. The highest BCUT2D eigenvalue weighted by molar-refractivity contribution is 5.68. The molecule has 0 saturated heterocycles. The van der Waals surface area contributed by atoms with Gasteiger partial charge < -0.3 is 5.32 Å². The van der Waals surface area contributed by atoms with E-state index in [0.29, 0.717) is 11.6 Å². The number of nitrogens with one attached hydrogen (secondary N) is 1. The summed E-state index contributed by atoms with van der Waals surface area (Å²) in [6, 6.07) is 6.71. The number of nitro groups is 1. The summed E-state index contributed by atoms with van der Waals surface area (Å²) in [6.07, 6.45) is 0.986. The minimum absolute atomic E-state index is 0.0846. The number of hydrogen-bond donors (Lipinski definition) is 1. The number of para-hydroxylation sites is 1. The summed E-state index contributed by atoms with van der Waals surface area (Å²) in [6.45, 7) is 6.14. The summed E-state index contributed by atoms with van der Waals surface area (Å²) in [4.78, 5) is 10.5. The number of benzene rings is 1. The maximum absolute atomic E-state index is 11.0. The molecule has 1 aromatic carbocycles. The standard InChI is InChI=1S/C13H17N3O2/c1-4-9(2)10(3)15-12-7-5-6-11(8-14)13(12)16(17)18/h5-7,9-10,15H,4H2,1-3H3. The quantitative estimate of drug-likeness (QED) is 0.639. The van der Waals surface area contributed by atoms with Crippen molar-refractivity contribution in [2.75, 3.05) is 5.32 Å². The highest BCUT2D eigenvalue weighted by Crippen LogP contribution is 2.29. The minimum atomic E-state index is -0.510. The van der Waals surface area contributed by atoms with E-state index in [4.69, 9.17) is 5.26 Å². The maximum atomic E-state index is 11.0. The van der Waals surface area contributed by atoms with E-state index in [9.17, 15) is 10.1 Å². The van der Waals surface area contributed by atoms with Crippen molar-refractivity contribution in [1.82, 2.24) is 0 Å². The zero-order valence-electron chi connectivity index (χ0n) is 10.8. The summed E-state index contributed by atoms with van der Waals surface area (Å²) in [5.41, 5.74) is 0.350. The maximum Gasteiger partial charge on any atom is 0.309 e. The molecule has 1 rings (SSSR count). The third-order valence-corrected chi connectivity index (χ3v) is 3.22. The van der Waals surface area contributed by atoms with E-state index in [2.05, 4.69) is 19.2 Å². The van der Waals surface area contributed by atoms with E-state index in [-0.39, 0.29) is 17.3 Å². The molecule has 0 bridgehead atoms. The fourth-order valence-corrected chi connectivity index (χ4v) is 1.69. The van der Waals surface area contributed by atoms with Crippen LogP contribution in [0, 0.1) is 27.4 Å². The molecule has 0 radical (unpaired) electrons. The first kappa shape index (κ1) is 14.0. The van der Waals surface area contributed by atoms with Crippen LogP contribution in [0.2, 0.25) is 0 Å². The minimum Gasteiger partial charge on any atom is -0.377 e. The molecule has 0 heterocycles. The van der Waals surface area contributed by atoms with Crippen LogP contribution in [0.25, 0.3) is 0 Å². The van der Waals surface area contributed by atoms with Gasteiger partial charge in [-0.05, 0) is 25.0 Å². The summed E-state index contributed by atoms with van der Waals surface area (Å²) >= 11 is 0. The third kappa shape index (κ3) is 2.98. The van der Waals surface area contributed by atoms with E-state index < -0.39 is 4.92 Å². The average molecular weight is 247 g/mol. The molecule has 0 amide bonds. The Balaban J connectivity index is 3.10. The van der Waals surface area contributed by atoms with Crippen molar-refractivity contribution >= 4 is 11.4 Å². The highest BCUT2D eigenvalue weighted by Gasteiger charge is 2.21. The highest BCUT2D eigenvalue weighted by atomic mass is 16.6. The fourth-order valence-electron chi connectivity index (χ4n) is 1.69. The molecule has 0 aromatic heterocycles. The number of hydrogen-bond acceptors (Lipinski definition) is 4. The topological polar surface area (TPSA) is 79.0 Å². The number of rotatable bonds is 5. The largest absolute Gasteiger partial charge is 0.377 e. The molecule has 0 aliphatic rings. The Bertz CT molecular complexity index is 480. The molecule has 2 unspecified atom stereocenters. The summed E-state index contributed by atoms with van der Waals surface area (Å²) in [7, 11) is 0. The Labute approximate surface area is 107 Å². The zero-order valence-corrected chi connectivity index (χ0v) is 10.8. The van der Waals surface area contributed by atoms with E-state index in [1.54, 1.807) is 12.1 Å². The van der Waals surface area contributed by atoms with Crippen LogP contribution in [0.4, 0.5) is 11.4 Å². The molecule has 1 N–H and O–H groups in total. The zero-order chi connectivity index (χ0) is 13.7. The first-order valence-electron chi connectivity index (χ1n) is 5.95. The smallest absolute Gasteiger partial charge is 0.309 e. The Morgan fingerprint density at radius 3 is 2.67 bits per heavy atom. The lowest BCUT2D eigenvalue weighted by atomic mass is 10.0. The molecule has 0 spiro atoms. The van der Waals surface area contributed by atoms with Gasteiger partial charge in [-0.3, -0.25) is 10.1 Å². The van der Waals surface area contributed by atoms with Crippen LogP contribution < -0.4 is 5.32 Å². The van der Waals surface area contributed by atoms with Crippen molar-refractivity contribution in [2.45, 2.75) is 33.2 Å². The Morgan fingerprint density at radius 2 is 2.17 bits per heavy atom. The van der Waals surface area contributed by atoms with Gasteiger partial charge in [0.1, 0.15) is 17.3 Å². The van der Waals surface area contributed by atoms with Gasteiger partial charge >= 0.3 is 5.69 Å². The molecule has 0 aliphatic carbocycles. The van der Waals surface area contributed by atoms with Gasteiger partial charge in [0.2, 0.25) is 0 Å². The van der Waals surface area contributed by atoms with Crippen LogP contribution in [0.1, 0.15) is 32.8 Å². The van der Waals surface area contributed by atoms with E-state index in [1.165, 1.54) is 6.07 Å². The fraction of sp³-hybridized carbons (Fsp3) is 0.462. The molecule has 96 valence electrons. The van der Waals surface area contributed by atoms with Crippen molar-refractivity contribution in [2.24, 2.45) is 5.92 Å². The average Bonchev–Trinajstić information content (AvgIpc) is 2.36. The van der Waals surface area contributed by atoms with E-state index in [0.717, 1.165) is 6.42 Å². The molecule has 5 nitrogen and oxygen atoms in total. The van der Waals surface area contributed by atoms with Gasteiger partial charge in [-0.1, -0.05) is 26.3 Å². The summed E-state index contributed by atoms with van der Waals surface area (Å²) in [5, 5.41) is 23.1. The second-order valence-electron chi connectivity index (χ2n) is 4.39. The Kier molecular flexibility index (Phi) is 4.67. The molecule has 18 heavy (non-hydrogen) atoms. The normalized spacial score (nSPS) is 13.4. The van der Waals surface area contributed by atoms with Gasteiger partial charge in [-0.15, -0.1) is 0 Å². The van der Waals surface area contributed by atoms with Crippen LogP contribution in [0.3, 0.4) is 0 Å². The van der Waals surface area contributed by atoms with Crippen molar-refractivity contribution in [3.63, 3.8) is 0 Å². The molecular formula is C13H17N3O2. The molecule has 2 atom stereocenters. The van der Waals surface area contributed by atoms with E-state index >= 15 is 0 Å². The number of nitriles is 1. The lowest BCUT2D eigenvalue weighted by molar-refractivity contribution is -0.384. The van der Waals surface area contributed by atoms with Crippen LogP contribution >= 0.6 is 0 Å². The van der Waals surface area contributed by atoms with Crippen molar-refractivity contribution in [3.8, 4) is 6.07 Å². The lowest BCUT2D eigenvalue weighted by Gasteiger charge is -2.21. The first-order valence-corrected chi connectivity index (χ1v) is 5.95. The van der Waals surface area contributed by atoms with E-state index in [1.807, 2.05) is 13.0 Å². The summed E-state index contributed by atoms with van der Waals surface area (Å²) < 4.78 is 0. The molecule has 5 heteroatoms. The van der Waals surface area contributed by atoms with Crippen molar-refractivity contribution < 1.29 is 4.92 Å². The molecule has 0 aliphatic heterocycles.